The van der Waals surface area contributed by atoms with Crippen LogP contribution in [-0.4, -0.2) is 37.0 Å². The number of hydrogen-bond donors (Lipinski definition) is 1. The van der Waals surface area contributed by atoms with Crippen LogP contribution in [0, 0.1) is 11.3 Å². The van der Waals surface area contributed by atoms with Crippen LogP contribution >= 0.6 is 11.8 Å². The van der Waals surface area contributed by atoms with Crippen molar-refractivity contribution in [2.75, 3.05) is 13.7 Å². The molecule has 9 heteroatoms. The van der Waals surface area contributed by atoms with Crippen LogP contribution in [0.1, 0.15) is 24.2 Å². The minimum Gasteiger partial charge on any atom is -0.463 e. The van der Waals surface area contributed by atoms with Crippen LogP contribution in [0.15, 0.2) is 29.2 Å². The molecule has 0 radical (unpaired) electrons. The van der Waals surface area contributed by atoms with E-state index >= 15 is 0 Å². The van der Waals surface area contributed by atoms with Crippen molar-refractivity contribution in [2.45, 2.75) is 29.8 Å². The minimum absolute atomic E-state index is 0.0787. The van der Waals surface area contributed by atoms with Crippen LogP contribution in [0.2, 0.25) is 0 Å². The average Bonchev–Trinajstić information content (AvgIpc) is 2.52. The molecular weight excluding hydrogens is 345 g/mol. The van der Waals surface area contributed by atoms with Gasteiger partial charge in [-0.15, -0.1) is 0 Å². The van der Waals surface area contributed by atoms with Gasteiger partial charge in [-0.1, -0.05) is 12.1 Å². The monoisotopic (exact) mass is 362 g/mol. The smallest absolute Gasteiger partial charge is 0.446 e. The Kier molecular flexibility index (Phi) is 9.10. The molecule has 0 bridgehead atoms. The number of nitriles is 1. The van der Waals surface area contributed by atoms with E-state index in [1.165, 1.54) is 31.2 Å². The molecule has 0 aliphatic carbocycles. The zero-order valence-electron chi connectivity index (χ0n) is 13.3. The third-order valence-electron chi connectivity index (χ3n) is 2.61. The van der Waals surface area contributed by atoms with E-state index in [-0.39, 0.29) is 29.2 Å². The molecule has 0 heterocycles. The summed E-state index contributed by atoms with van der Waals surface area (Å²) >= 11 is -0.196. The molecule has 0 aliphatic rings. The van der Waals surface area contributed by atoms with Crippen LogP contribution in [0.4, 0.5) is 13.2 Å². The van der Waals surface area contributed by atoms with Gasteiger partial charge in [-0.25, -0.2) is 0 Å². The van der Waals surface area contributed by atoms with Crippen LogP contribution in [0.5, 0.6) is 0 Å². The molecule has 132 valence electrons. The van der Waals surface area contributed by atoms with Gasteiger partial charge in [0.15, 0.2) is 0 Å². The number of alkyl halides is 3. The molecule has 0 saturated heterocycles. The van der Waals surface area contributed by atoms with E-state index in [1.807, 2.05) is 6.07 Å². The fourth-order valence-corrected chi connectivity index (χ4v) is 1.69. The van der Waals surface area contributed by atoms with Gasteiger partial charge in [-0.2, -0.15) is 18.4 Å². The zero-order valence-corrected chi connectivity index (χ0v) is 14.1. The van der Waals surface area contributed by atoms with Crippen molar-refractivity contribution in [3.05, 3.63) is 29.8 Å². The van der Waals surface area contributed by atoms with Crippen molar-refractivity contribution in [1.82, 2.24) is 5.32 Å². The van der Waals surface area contributed by atoms with Crippen molar-refractivity contribution in [1.29, 1.82) is 5.26 Å². The summed E-state index contributed by atoms with van der Waals surface area (Å²) in [6, 6.07) is 7.22. The number of aldehydes is 1. The lowest BCUT2D eigenvalue weighted by atomic mass is 10.1. The van der Waals surface area contributed by atoms with Gasteiger partial charge >= 0.3 is 11.5 Å². The van der Waals surface area contributed by atoms with Crippen molar-refractivity contribution < 1.29 is 27.5 Å². The van der Waals surface area contributed by atoms with Gasteiger partial charge in [0, 0.05) is 17.4 Å². The van der Waals surface area contributed by atoms with E-state index in [9.17, 15) is 22.8 Å². The quantitative estimate of drug-likeness (QED) is 0.492. The summed E-state index contributed by atoms with van der Waals surface area (Å²) in [5, 5.41) is 11.3. The van der Waals surface area contributed by atoms with Crippen molar-refractivity contribution >= 4 is 24.0 Å². The first kappa shape index (κ1) is 21.9. The number of likely N-dealkylation sites (N-methyl/N-ethyl adjacent to an activating group) is 1. The molecule has 0 amide bonds. The summed E-state index contributed by atoms with van der Waals surface area (Å²) in [5.74, 6) is -0.373. The fraction of sp³-hybridized carbons (Fsp3) is 0.400. The van der Waals surface area contributed by atoms with E-state index in [0.29, 0.717) is 11.8 Å². The molecule has 1 aromatic rings. The highest BCUT2D eigenvalue weighted by atomic mass is 32.2. The third-order valence-corrected chi connectivity index (χ3v) is 3.35. The molecule has 5 nitrogen and oxygen atoms in total. The second kappa shape index (κ2) is 9.95. The standard InChI is InChI=1S/C8H5F3OS.C7H12N2O2/c9-8(10,11)13-7-3-1-6(5-12)2-4-7;1-6(10)11-5-7(2,4-8)9-3/h1-5H;9H,5H2,1-3H3. The van der Waals surface area contributed by atoms with E-state index < -0.39 is 11.0 Å². The highest BCUT2D eigenvalue weighted by molar-refractivity contribution is 8.00. The lowest BCUT2D eigenvalue weighted by Crippen LogP contribution is -2.43. The maximum absolute atomic E-state index is 11.8. The lowest BCUT2D eigenvalue weighted by molar-refractivity contribution is -0.142. The first-order valence-electron chi connectivity index (χ1n) is 6.60. The van der Waals surface area contributed by atoms with Gasteiger partial charge in [0.05, 0.1) is 6.07 Å². The molecule has 1 aromatic carbocycles. The predicted octanol–water partition coefficient (Wildman–Crippen LogP) is 3.16. The van der Waals surface area contributed by atoms with Gasteiger partial charge in [-0.05, 0) is 37.9 Å². The van der Waals surface area contributed by atoms with Crippen LogP contribution in [-0.2, 0) is 9.53 Å². The lowest BCUT2D eigenvalue weighted by Gasteiger charge is -2.19. The van der Waals surface area contributed by atoms with E-state index in [0.717, 1.165) is 0 Å². The Balaban J connectivity index is 0.000000449. The average molecular weight is 362 g/mol. The number of hydrogen-bond acceptors (Lipinski definition) is 6. The molecule has 0 aromatic heterocycles. The number of benzene rings is 1. The highest BCUT2D eigenvalue weighted by Crippen LogP contribution is 2.36. The number of nitrogens with zero attached hydrogens (tertiary/aromatic N) is 1. The number of rotatable bonds is 5. The minimum atomic E-state index is -4.28. The molecule has 1 rings (SSSR count). The summed E-state index contributed by atoms with van der Waals surface area (Å²) in [6.07, 6.45) is 0.585. The molecule has 1 unspecified atom stereocenters. The van der Waals surface area contributed by atoms with E-state index in [1.54, 1.807) is 14.0 Å². The maximum Gasteiger partial charge on any atom is 0.446 e. The molecule has 0 spiro atoms. The van der Waals surface area contributed by atoms with Gasteiger partial charge in [0.1, 0.15) is 18.4 Å². The number of carbonyl (C=O) groups is 2. The number of ether oxygens (including phenoxy) is 1. The summed E-state index contributed by atoms with van der Waals surface area (Å²) in [4.78, 5) is 20.6. The molecular formula is C15H17F3N2O3S. The van der Waals surface area contributed by atoms with Crippen molar-refractivity contribution in [2.24, 2.45) is 0 Å². The summed E-state index contributed by atoms with van der Waals surface area (Å²) in [5.41, 5.74) is -4.68. The molecule has 24 heavy (non-hydrogen) atoms. The van der Waals surface area contributed by atoms with Crippen LogP contribution in [0.3, 0.4) is 0 Å². The summed E-state index contributed by atoms with van der Waals surface area (Å²) in [6.45, 7) is 3.05. The number of carbonyl (C=O) groups excluding carboxylic acids is 2. The molecule has 0 saturated carbocycles. The summed E-state index contributed by atoms with van der Waals surface area (Å²) in [7, 11) is 1.65. The van der Waals surface area contributed by atoms with E-state index in [4.69, 9.17) is 5.26 Å². The SMILES string of the molecule is CNC(C)(C#N)COC(C)=O.O=Cc1ccc(SC(F)(F)F)cc1. The Morgan fingerprint density at radius 3 is 2.25 bits per heavy atom. The number of thioether (sulfide) groups is 1. The van der Waals surface area contributed by atoms with Crippen molar-refractivity contribution in [3.8, 4) is 6.07 Å². The predicted molar refractivity (Wildman–Crippen MR) is 83.5 cm³/mol. The summed E-state index contributed by atoms with van der Waals surface area (Å²) < 4.78 is 40.1. The van der Waals surface area contributed by atoms with Crippen LogP contribution in [0.25, 0.3) is 0 Å². The largest absolute Gasteiger partial charge is 0.463 e. The number of nitrogens with one attached hydrogen (secondary N) is 1. The van der Waals surface area contributed by atoms with Gasteiger partial charge in [0.25, 0.3) is 0 Å². The molecule has 0 aliphatic heterocycles. The van der Waals surface area contributed by atoms with Gasteiger partial charge in [0.2, 0.25) is 0 Å². The Labute approximate surface area is 142 Å². The molecule has 0 fully saturated rings. The van der Waals surface area contributed by atoms with Gasteiger partial charge < -0.3 is 4.74 Å². The number of esters is 1. The number of halogens is 3. The highest BCUT2D eigenvalue weighted by Gasteiger charge is 2.28. The maximum atomic E-state index is 11.8. The van der Waals surface area contributed by atoms with Gasteiger partial charge in [-0.3, -0.25) is 14.9 Å². The van der Waals surface area contributed by atoms with Crippen molar-refractivity contribution in [3.63, 3.8) is 0 Å². The Morgan fingerprint density at radius 2 is 1.92 bits per heavy atom. The first-order chi connectivity index (χ1) is 11.0. The fourth-order valence-electron chi connectivity index (χ4n) is 1.15. The second-order valence-electron chi connectivity index (χ2n) is 4.71. The normalized spacial score (nSPS) is 12.9. The first-order valence-corrected chi connectivity index (χ1v) is 7.41. The molecule has 1 N–H and O–H groups in total. The Bertz CT molecular complexity index is 585. The third kappa shape index (κ3) is 9.86. The Hall–Kier alpha value is -2.05. The molecule has 1 atom stereocenters. The second-order valence-corrected chi connectivity index (χ2v) is 5.85. The van der Waals surface area contributed by atoms with E-state index in [2.05, 4.69) is 10.1 Å². The zero-order chi connectivity index (χ0) is 18.8. The topological polar surface area (TPSA) is 79.2 Å². The Morgan fingerprint density at radius 1 is 1.38 bits per heavy atom. The van der Waals surface area contributed by atoms with Crippen LogP contribution < -0.4 is 5.32 Å².